The van der Waals surface area contributed by atoms with Crippen molar-refractivity contribution in [2.75, 3.05) is 13.6 Å². The Morgan fingerprint density at radius 2 is 1.67 bits per heavy atom. The Labute approximate surface area is 142 Å². The predicted octanol–water partition coefficient (Wildman–Crippen LogP) is 4.50. The van der Waals surface area contributed by atoms with Gasteiger partial charge in [0.2, 0.25) is 5.89 Å². The highest BCUT2D eigenvalue weighted by Gasteiger charge is 2.20. The molecule has 2 aromatic carbocycles. The van der Waals surface area contributed by atoms with Crippen LogP contribution in [0.5, 0.6) is 0 Å². The van der Waals surface area contributed by atoms with Crippen molar-refractivity contribution >= 4 is 12.2 Å². The second-order valence-corrected chi connectivity index (χ2v) is 6.24. The van der Waals surface area contributed by atoms with Crippen LogP contribution in [0.4, 0.5) is 0 Å². The minimum atomic E-state index is 0.730. The average molecular weight is 316 g/mol. The molecule has 0 amide bonds. The zero-order valence-corrected chi connectivity index (χ0v) is 13.8. The summed E-state index contributed by atoms with van der Waals surface area (Å²) in [5, 5.41) is 0. The first-order chi connectivity index (χ1) is 11.8. The van der Waals surface area contributed by atoms with E-state index >= 15 is 0 Å². The molecule has 1 aliphatic rings. The molecule has 4 rings (SSSR count). The number of hydrogen-bond donors (Lipinski definition) is 0. The summed E-state index contributed by atoms with van der Waals surface area (Å²) in [4.78, 5) is 6.94. The van der Waals surface area contributed by atoms with Gasteiger partial charge in [0.15, 0.2) is 0 Å². The molecule has 3 aromatic rings. The Kier molecular flexibility index (Phi) is 4.01. The second-order valence-electron chi connectivity index (χ2n) is 6.24. The quantitative estimate of drug-likeness (QED) is 0.666. The zero-order valence-electron chi connectivity index (χ0n) is 13.8. The van der Waals surface area contributed by atoms with Crippen molar-refractivity contribution in [3.8, 4) is 11.5 Å². The number of nitrogens with zero attached hydrogens (tertiary/aromatic N) is 2. The van der Waals surface area contributed by atoms with E-state index in [2.05, 4.69) is 65.5 Å². The van der Waals surface area contributed by atoms with Crippen LogP contribution in [-0.4, -0.2) is 23.5 Å². The van der Waals surface area contributed by atoms with Crippen LogP contribution in [-0.2, 0) is 13.0 Å². The molecule has 1 aromatic heterocycles. The van der Waals surface area contributed by atoms with E-state index in [1.165, 1.54) is 11.1 Å². The molecule has 3 heteroatoms. The van der Waals surface area contributed by atoms with Gasteiger partial charge in [-0.1, -0.05) is 54.6 Å². The summed E-state index contributed by atoms with van der Waals surface area (Å²) in [5.74, 6) is 1.77. The van der Waals surface area contributed by atoms with Gasteiger partial charge in [-0.2, -0.15) is 0 Å². The Hall–Kier alpha value is -2.65. The third kappa shape index (κ3) is 3.17. The van der Waals surface area contributed by atoms with Gasteiger partial charge >= 0.3 is 0 Å². The molecule has 3 nitrogen and oxygen atoms in total. The van der Waals surface area contributed by atoms with Gasteiger partial charge in [-0.15, -0.1) is 0 Å². The van der Waals surface area contributed by atoms with Crippen molar-refractivity contribution in [2.24, 2.45) is 0 Å². The fourth-order valence-electron chi connectivity index (χ4n) is 2.95. The van der Waals surface area contributed by atoms with Gasteiger partial charge in [0, 0.05) is 25.1 Å². The fourth-order valence-corrected chi connectivity index (χ4v) is 2.95. The van der Waals surface area contributed by atoms with Gasteiger partial charge in [0.25, 0.3) is 0 Å². The summed E-state index contributed by atoms with van der Waals surface area (Å²) < 4.78 is 5.95. The number of benzene rings is 2. The minimum absolute atomic E-state index is 0.730. The molecule has 0 fully saturated rings. The summed E-state index contributed by atoms with van der Waals surface area (Å²) in [6, 6.07) is 18.7. The first-order valence-corrected chi connectivity index (χ1v) is 8.28. The zero-order chi connectivity index (χ0) is 16.4. The van der Waals surface area contributed by atoms with E-state index in [-0.39, 0.29) is 0 Å². The van der Waals surface area contributed by atoms with Crippen LogP contribution in [0.1, 0.15) is 22.6 Å². The van der Waals surface area contributed by atoms with Crippen molar-refractivity contribution < 1.29 is 4.42 Å². The maximum absolute atomic E-state index is 5.95. The van der Waals surface area contributed by atoms with E-state index < -0.39 is 0 Å². The van der Waals surface area contributed by atoms with Crippen LogP contribution in [0.15, 0.2) is 59.0 Å². The SMILES string of the molecule is CN1CCc2oc(-c3ccc(/C=C/c4ccccc4)cc3)nc2C1. The number of rotatable bonds is 3. The summed E-state index contributed by atoms with van der Waals surface area (Å²) in [5.41, 5.74) is 4.47. The molecule has 0 spiro atoms. The van der Waals surface area contributed by atoms with Crippen molar-refractivity contribution in [3.05, 3.63) is 77.2 Å². The monoisotopic (exact) mass is 316 g/mol. The number of oxazole rings is 1. The maximum atomic E-state index is 5.95. The summed E-state index contributed by atoms with van der Waals surface area (Å²) in [6.07, 6.45) is 5.18. The van der Waals surface area contributed by atoms with E-state index in [1.807, 2.05) is 18.2 Å². The summed E-state index contributed by atoms with van der Waals surface area (Å²) in [6.45, 7) is 1.90. The van der Waals surface area contributed by atoms with Crippen molar-refractivity contribution in [3.63, 3.8) is 0 Å². The topological polar surface area (TPSA) is 29.3 Å². The molecule has 0 N–H and O–H groups in total. The molecule has 0 atom stereocenters. The summed E-state index contributed by atoms with van der Waals surface area (Å²) in [7, 11) is 2.12. The predicted molar refractivity (Wildman–Crippen MR) is 97.3 cm³/mol. The van der Waals surface area contributed by atoms with Crippen molar-refractivity contribution in [2.45, 2.75) is 13.0 Å². The van der Waals surface area contributed by atoms with E-state index in [0.29, 0.717) is 0 Å². The standard InChI is InChI=1S/C21H20N2O/c1-23-14-13-20-19(15-23)22-21(24-20)18-11-9-17(10-12-18)8-7-16-5-3-2-4-6-16/h2-12H,13-15H2,1H3/b8-7+. The van der Waals surface area contributed by atoms with Gasteiger partial charge in [0.1, 0.15) is 5.76 Å². The Bertz CT molecular complexity index is 847. The van der Waals surface area contributed by atoms with Gasteiger partial charge in [-0.3, -0.25) is 4.90 Å². The van der Waals surface area contributed by atoms with Crippen LogP contribution in [0.2, 0.25) is 0 Å². The Balaban J connectivity index is 1.53. The highest BCUT2D eigenvalue weighted by molar-refractivity contribution is 5.70. The van der Waals surface area contributed by atoms with E-state index in [1.54, 1.807) is 0 Å². The van der Waals surface area contributed by atoms with Gasteiger partial charge in [-0.25, -0.2) is 4.98 Å². The first-order valence-electron chi connectivity index (χ1n) is 8.28. The molecule has 24 heavy (non-hydrogen) atoms. The van der Waals surface area contributed by atoms with Crippen molar-refractivity contribution in [1.82, 2.24) is 9.88 Å². The molecule has 2 heterocycles. The van der Waals surface area contributed by atoms with Crippen molar-refractivity contribution in [1.29, 1.82) is 0 Å². The molecular formula is C21H20N2O. The van der Waals surface area contributed by atoms with E-state index in [9.17, 15) is 0 Å². The first kappa shape index (κ1) is 14.9. The third-order valence-electron chi connectivity index (χ3n) is 4.34. The van der Waals surface area contributed by atoms with E-state index in [4.69, 9.17) is 4.42 Å². The Morgan fingerprint density at radius 1 is 0.958 bits per heavy atom. The molecule has 1 aliphatic heterocycles. The highest BCUT2D eigenvalue weighted by Crippen LogP contribution is 2.26. The highest BCUT2D eigenvalue weighted by atomic mass is 16.4. The normalized spacial score (nSPS) is 14.9. The number of aromatic nitrogens is 1. The molecule has 0 aliphatic carbocycles. The summed E-state index contributed by atoms with van der Waals surface area (Å²) >= 11 is 0. The number of likely N-dealkylation sites (N-methyl/N-ethyl adjacent to an activating group) is 1. The lowest BCUT2D eigenvalue weighted by Gasteiger charge is -2.19. The van der Waals surface area contributed by atoms with Gasteiger partial charge < -0.3 is 4.42 Å². The van der Waals surface area contributed by atoms with Crippen LogP contribution < -0.4 is 0 Å². The molecule has 0 saturated heterocycles. The van der Waals surface area contributed by atoms with Gasteiger partial charge in [0.05, 0.1) is 5.69 Å². The lowest BCUT2D eigenvalue weighted by molar-refractivity contribution is 0.292. The molecular weight excluding hydrogens is 296 g/mol. The van der Waals surface area contributed by atoms with Crippen LogP contribution in [0.25, 0.3) is 23.6 Å². The molecule has 0 radical (unpaired) electrons. The minimum Gasteiger partial charge on any atom is -0.441 e. The molecule has 0 unspecified atom stereocenters. The number of hydrogen-bond acceptors (Lipinski definition) is 3. The molecule has 0 bridgehead atoms. The van der Waals surface area contributed by atoms with E-state index in [0.717, 1.165) is 42.4 Å². The lowest BCUT2D eigenvalue weighted by atomic mass is 10.1. The van der Waals surface area contributed by atoms with Crippen LogP contribution >= 0.6 is 0 Å². The second kappa shape index (κ2) is 6.46. The van der Waals surface area contributed by atoms with Crippen LogP contribution in [0, 0.1) is 0 Å². The molecule has 120 valence electrons. The van der Waals surface area contributed by atoms with Crippen LogP contribution in [0.3, 0.4) is 0 Å². The smallest absolute Gasteiger partial charge is 0.226 e. The average Bonchev–Trinajstić information content (AvgIpc) is 3.04. The lowest BCUT2D eigenvalue weighted by Crippen LogP contribution is -2.25. The maximum Gasteiger partial charge on any atom is 0.226 e. The largest absolute Gasteiger partial charge is 0.441 e. The molecule has 0 saturated carbocycles. The third-order valence-corrected chi connectivity index (χ3v) is 4.34. The fraction of sp³-hybridized carbons (Fsp3) is 0.190. The van der Waals surface area contributed by atoms with Gasteiger partial charge in [-0.05, 0) is 30.3 Å². The number of fused-ring (bicyclic) bond motifs is 1. The Morgan fingerprint density at radius 3 is 2.42 bits per heavy atom.